The molecule has 0 unspecified atom stereocenters. The second-order valence-electron chi connectivity index (χ2n) is 5.01. The smallest absolute Gasteiger partial charge is 0.258 e. The lowest BCUT2D eigenvalue weighted by Gasteiger charge is -2.07. The molecule has 0 atom stereocenters. The average molecular weight is 346 g/mol. The second kappa shape index (κ2) is 7.27. The highest BCUT2D eigenvalue weighted by molar-refractivity contribution is 7.09. The molecule has 2 heterocycles. The molecule has 1 aromatic carbocycles. The van der Waals surface area contributed by atoms with Crippen LogP contribution in [0, 0.1) is 12.7 Å². The number of para-hydroxylation sites is 1. The van der Waals surface area contributed by atoms with Gasteiger partial charge < -0.3 is 14.5 Å². The number of carbonyl (C=O) groups excluding carboxylic acids is 1. The fourth-order valence-corrected chi connectivity index (χ4v) is 2.63. The summed E-state index contributed by atoms with van der Waals surface area (Å²) in [6.45, 7) is 1.89. The largest absolute Gasteiger partial charge is 0.481 e. The Labute approximate surface area is 142 Å². The third-order valence-corrected chi connectivity index (χ3v) is 3.96. The molecule has 2 aromatic heterocycles. The van der Waals surface area contributed by atoms with Gasteiger partial charge >= 0.3 is 0 Å². The van der Waals surface area contributed by atoms with Gasteiger partial charge in [0.15, 0.2) is 23.9 Å². The molecule has 3 aromatic rings. The minimum absolute atomic E-state index is 0.0480. The maximum Gasteiger partial charge on any atom is 0.258 e. The molecule has 0 bridgehead atoms. The molecule has 0 aliphatic rings. The standard InChI is InChI=1S/C17H15FN2O3S/c1-11-20-14(10-24-11)16-7-6-12(23-16)8-19-17(21)9-22-15-5-3-2-4-13(15)18/h2-7,10H,8-9H2,1H3,(H,19,21). The summed E-state index contributed by atoms with van der Waals surface area (Å²) < 4.78 is 24.2. The van der Waals surface area contributed by atoms with Crippen LogP contribution in [0.25, 0.3) is 11.5 Å². The Bertz CT molecular complexity index is 844. The average Bonchev–Trinajstić information content (AvgIpc) is 3.21. The number of aryl methyl sites for hydroxylation is 1. The molecule has 124 valence electrons. The molecular formula is C17H15FN2O3S. The number of amides is 1. The van der Waals surface area contributed by atoms with Crippen molar-refractivity contribution >= 4 is 17.2 Å². The van der Waals surface area contributed by atoms with E-state index >= 15 is 0 Å². The summed E-state index contributed by atoms with van der Waals surface area (Å²) in [6, 6.07) is 9.53. The van der Waals surface area contributed by atoms with Crippen molar-refractivity contribution in [3.05, 3.63) is 58.4 Å². The molecule has 0 aliphatic heterocycles. The van der Waals surface area contributed by atoms with Crippen molar-refractivity contribution in [1.82, 2.24) is 10.3 Å². The zero-order valence-electron chi connectivity index (χ0n) is 12.9. The zero-order chi connectivity index (χ0) is 16.9. The fraction of sp³-hybridized carbons (Fsp3) is 0.176. The molecule has 0 saturated carbocycles. The first-order valence-electron chi connectivity index (χ1n) is 7.27. The van der Waals surface area contributed by atoms with Gasteiger partial charge in [0.25, 0.3) is 5.91 Å². The van der Waals surface area contributed by atoms with Crippen LogP contribution in [0.4, 0.5) is 4.39 Å². The van der Waals surface area contributed by atoms with Crippen molar-refractivity contribution in [3.63, 3.8) is 0 Å². The highest BCUT2D eigenvalue weighted by atomic mass is 32.1. The van der Waals surface area contributed by atoms with Crippen molar-refractivity contribution in [1.29, 1.82) is 0 Å². The summed E-state index contributed by atoms with van der Waals surface area (Å²) in [5.41, 5.74) is 0.776. The van der Waals surface area contributed by atoms with E-state index < -0.39 is 5.82 Å². The molecule has 1 N–H and O–H groups in total. The Balaban J connectivity index is 1.50. The fourth-order valence-electron chi connectivity index (χ4n) is 2.03. The van der Waals surface area contributed by atoms with Gasteiger partial charge in [-0.1, -0.05) is 12.1 Å². The number of halogens is 1. The Morgan fingerprint density at radius 1 is 1.33 bits per heavy atom. The molecule has 3 rings (SSSR count). The maximum atomic E-state index is 13.4. The molecule has 0 spiro atoms. The molecule has 5 nitrogen and oxygen atoms in total. The van der Waals surface area contributed by atoms with Crippen molar-refractivity contribution < 1.29 is 18.3 Å². The SMILES string of the molecule is Cc1nc(-c2ccc(CNC(=O)COc3ccccc3F)o2)cs1. The van der Waals surface area contributed by atoms with Crippen LogP contribution in [0.15, 0.2) is 46.2 Å². The van der Waals surface area contributed by atoms with Gasteiger partial charge in [-0.05, 0) is 31.2 Å². The van der Waals surface area contributed by atoms with Crippen molar-refractivity contribution in [3.8, 4) is 17.2 Å². The van der Waals surface area contributed by atoms with Gasteiger partial charge in [-0.2, -0.15) is 0 Å². The highest BCUT2D eigenvalue weighted by Crippen LogP contribution is 2.23. The number of aromatic nitrogens is 1. The topological polar surface area (TPSA) is 64.4 Å². The zero-order valence-corrected chi connectivity index (χ0v) is 13.7. The molecular weight excluding hydrogens is 331 g/mol. The van der Waals surface area contributed by atoms with Crippen molar-refractivity contribution in [2.24, 2.45) is 0 Å². The van der Waals surface area contributed by atoms with Crippen LogP contribution < -0.4 is 10.1 Å². The van der Waals surface area contributed by atoms with Crippen LogP contribution in [0.3, 0.4) is 0 Å². The van der Waals surface area contributed by atoms with E-state index in [1.54, 1.807) is 29.5 Å². The number of nitrogens with zero attached hydrogens (tertiary/aromatic N) is 1. The summed E-state index contributed by atoms with van der Waals surface area (Å²) in [4.78, 5) is 16.1. The first-order chi connectivity index (χ1) is 11.6. The molecule has 0 radical (unpaired) electrons. The molecule has 7 heteroatoms. The molecule has 0 fully saturated rings. The highest BCUT2D eigenvalue weighted by Gasteiger charge is 2.10. The van der Waals surface area contributed by atoms with Gasteiger partial charge in [-0.15, -0.1) is 11.3 Å². The monoisotopic (exact) mass is 346 g/mol. The van der Waals surface area contributed by atoms with Gasteiger partial charge in [-0.3, -0.25) is 4.79 Å². The number of carbonyl (C=O) groups is 1. The Hall–Kier alpha value is -2.67. The number of thiazole rings is 1. The van der Waals surface area contributed by atoms with Gasteiger partial charge in [0.1, 0.15) is 11.5 Å². The predicted molar refractivity (Wildman–Crippen MR) is 88.3 cm³/mol. The number of ether oxygens (including phenoxy) is 1. The van der Waals surface area contributed by atoms with E-state index in [1.165, 1.54) is 12.1 Å². The number of benzene rings is 1. The van der Waals surface area contributed by atoms with Gasteiger partial charge in [-0.25, -0.2) is 9.37 Å². The molecule has 24 heavy (non-hydrogen) atoms. The number of hydrogen-bond acceptors (Lipinski definition) is 5. The first kappa shape index (κ1) is 16.2. The number of nitrogens with one attached hydrogen (secondary N) is 1. The van der Waals surface area contributed by atoms with E-state index in [1.807, 2.05) is 18.4 Å². The van der Waals surface area contributed by atoms with E-state index in [0.29, 0.717) is 11.5 Å². The van der Waals surface area contributed by atoms with E-state index in [9.17, 15) is 9.18 Å². The maximum absolute atomic E-state index is 13.4. The van der Waals surface area contributed by atoms with Crippen molar-refractivity contribution in [2.75, 3.05) is 6.61 Å². The van der Waals surface area contributed by atoms with Crippen molar-refractivity contribution in [2.45, 2.75) is 13.5 Å². The van der Waals surface area contributed by atoms with Crippen LogP contribution in [-0.2, 0) is 11.3 Å². The number of hydrogen-bond donors (Lipinski definition) is 1. The molecule has 0 saturated heterocycles. The van der Waals surface area contributed by atoms with Crippen LogP contribution in [0.5, 0.6) is 5.75 Å². The Kier molecular flexibility index (Phi) is 4.90. The lowest BCUT2D eigenvalue weighted by Crippen LogP contribution is -2.28. The van der Waals surface area contributed by atoms with E-state index in [2.05, 4.69) is 10.3 Å². The number of furan rings is 1. The van der Waals surface area contributed by atoms with Crippen LogP contribution in [0.1, 0.15) is 10.8 Å². The Morgan fingerprint density at radius 2 is 2.17 bits per heavy atom. The summed E-state index contributed by atoms with van der Waals surface area (Å²) in [7, 11) is 0. The van der Waals surface area contributed by atoms with Gasteiger partial charge in [0, 0.05) is 5.38 Å². The van der Waals surface area contributed by atoms with E-state index in [4.69, 9.17) is 9.15 Å². The summed E-state index contributed by atoms with van der Waals surface area (Å²) in [6.07, 6.45) is 0. The van der Waals surface area contributed by atoms with Crippen LogP contribution >= 0.6 is 11.3 Å². The normalized spacial score (nSPS) is 10.6. The Morgan fingerprint density at radius 3 is 2.92 bits per heavy atom. The summed E-state index contributed by atoms with van der Waals surface area (Å²) in [5.74, 6) is 0.452. The van der Waals surface area contributed by atoms with Crippen LogP contribution in [-0.4, -0.2) is 17.5 Å². The van der Waals surface area contributed by atoms with Crippen LogP contribution in [0.2, 0.25) is 0 Å². The molecule has 0 aliphatic carbocycles. The van der Waals surface area contributed by atoms with Gasteiger partial charge in [0.05, 0.1) is 11.6 Å². The quantitative estimate of drug-likeness (QED) is 0.741. The third kappa shape index (κ3) is 3.99. The first-order valence-corrected chi connectivity index (χ1v) is 8.15. The van der Waals surface area contributed by atoms with E-state index in [0.717, 1.165) is 10.7 Å². The van der Waals surface area contributed by atoms with Gasteiger partial charge in [0.2, 0.25) is 0 Å². The molecule has 1 amide bonds. The summed E-state index contributed by atoms with van der Waals surface area (Å²) in [5, 5.41) is 5.54. The summed E-state index contributed by atoms with van der Waals surface area (Å²) >= 11 is 1.54. The lowest BCUT2D eigenvalue weighted by atomic mass is 10.3. The second-order valence-corrected chi connectivity index (χ2v) is 6.08. The lowest BCUT2D eigenvalue weighted by molar-refractivity contribution is -0.123. The third-order valence-electron chi connectivity index (χ3n) is 3.19. The minimum atomic E-state index is -0.500. The predicted octanol–water partition coefficient (Wildman–Crippen LogP) is 3.55. The van der Waals surface area contributed by atoms with E-state index in [-0.39, 0.29) is 24.8 Å². The number of rotatable bonds is 6. The minimum Gasteiger partial charge on any atom is -0.481 e.